The molecular formula is C15H23N3O2. The van der Waals surface area contributed by atoms with Gasteiger partial charge in [-0.2, -0.15) is 5.26 Å². The number of nitrogens with one attached hydrogen (secondary N) is 1. The molecule has 0 fully saturated rings. The number of nitrogens with zero attached hydrogens (tertiary/aromatic N) is 2. The molecule has 1 aromatic rings. The molecule has 1 atom stereocenters. The Kier molecular flexibility index (Phi) is 5.34. The summed E-state index contributed by atoms with van der Waals surface area (Å²) in [7, 11) is 1.71. The van der Waals surface area contributed by atoms with E-state index in [0.29, 0.717) is 23.6 Å². The van der Waals surface area contributed by atoms with Gasteiger partial charge in [0.1, 0.15) is 11.8 Å². The van der Waals surface area contributed by atoms with Crippen molar-refractivity contribution in [3.05, 3.63) is 23.5 Å². The SMILES string of the molecule is CC(C)CCC(C)(O)CNC(=O)c1cc(C#N)cn1C. The van der Waals surface area contributed by atoms with Crippen LogP contribution in [-0.2, 0) is 7.05 Å². The second-order valence-corrected chi connectivity index (χ2v) is 5.95. The van der Waals surface area contributed by atoms with E-state index in [1.165, 1.54) is 6.07 Å². The first-order chi connectivity index (χ1) is 9.25. The number of hydrogen-bond donors (Lipinski definition) is 2. The van der Waals surface area contributed by atoms with Crippen molar-refractivity contribution in [3.63, 3.8) is 0 Å². The molecule has 110 valence electrons. The molecule has 5 nitrogen and oxygen atoms in total. The molecule has 0 aliphatic rings. The molecule has 0 saturated carbocycles. The van der Waals surface area contributed by atoms with Crippen LogP contribution in [0.1, 0.15) is 49.7 Å². The van der Waals surface area contributed by atoms with Crippen molar-refractivity contribution in [2.75, 3.05) is 6.54 Å². The monoisotopic (exact) mass is 277 g/mol. The summed E-state index contributed by atoms with van der Waals surface area (Å²) < 4.78 is 1.61. The molecule has 0 saturated heterocycles. The van der Waals surface area contributed by atoms with Crippen molar-refractivity contribution in [2.24, 2.45) is 13.0 Å². The second-order valence-electron chi connectivity index (χ2n) is 5.95. The summed E-state index contributed by atoms with van der Waals surface area (Å²) in [6.07, 6.45) is 3.15. The Labute approximate surface area is 120 Å². The Morgan fingerprint density at radius 1 is 1.60 bits per heavy atom. The molecule has 1 unspecified atom stereocenters. The molecule has 0 spiro atoms. The third kappa shape index (κ3) is 4.71. The summed E-state index contributed by atoms with van der Waals surface area (Å²) in [6, 6.07) is 3.54. The fourth-order valence-electron chi connectivity index (χ4n) is 1.90. The van der Waals surface area contributed by atoms with Crippen LogP contribution in [0, 0.1) is 17.2 Å². The van der Waals surface area contributed by atoms with Crippen molar-refractivity contribution < 1.29 is 9.90 Å². The molecule has 0 radical (unpaired) electrons. The summed E-state index contributed by atoms with van der Waals surface area (Å²) in [5, 5.41) is 21.7. The number of carbonyl (C=O) groups excluding carboxylic acids is 1. The van der Waals surface area contributed by atoms with Gasteiger partial charge in [-0.3, -0.25) is 4.79 Å². The van der Waals surface area contributed by atoms with E-state index in [0.717, 1.165) is 6.42 Å². The zero-order valence-electron chi connectivity index (χ0n) is 12.6. The fraction of sp³-hybridized carbons (Fsp3) is 0.600. The zero-order chi connectivity index (χ0) is 15.3. The van der Waals surface area contributed by atoms with Crippen LogP contribution in [0.4, 0.5) is 0 Å². The van der Waals surface area contributed by atoms with Crippen LogP contribution in [0.15, 0.2) is 12.3 Å². The number of hydrogen-bond acceptors (Lipinski definition) is 3. The van der Waals surface area contributed by atoms with Gasteiger partial charge in [0, 0.05) is 19.8 Å². The van der Waals surface area contributed by atoms with Crippen LogP contribution in [0.25, 0.3) is 0 Å². The van der Waals surface area contributed by atoms with Crippen LogP contribution in [0.5, 0.6) is 0 Å². The number of rotatable bonds is 6. The zero-order valence-corrected chi connectivity index (χ0v) is 12.6. The molecule has 0 aliphatic carbocycles. The Bertz CT molecular complexity index is 510. The second kappa shape index (κ2) is 6.58. The van der Waals surface area contributed by atoms with Gasteiger partial charge in [0.05, 0.1) is 11.2 Å². The topological polar surface area (TPSA) is 78.1 Å². The first kappa shape index (κ1) is 16.3. The summed E-state index contributed by atoms with van der Waals surface area (Å²) in [6.45, 7) is 6.12. The summed E-state index contributed by atoms with van der Waals surface area (Å²) in [4.78, 5) is 12.0. The highest BCUT2D eigenvalue weighted by Gasteiger charge is 2.22. The Hall–Kier alpha value is -1.80. The first-order valence-corrected chi connectivity index (χ1v) is 6.82. The van der Waals surface area contributed by atoms with E-state index < -0.39 is 5.60 Å². The van der Waals surface area contributed by atoms with Crippen LogP contribution >= 0.6 is 0 Å². The standard InChI is InChI=1S/C15H23N3O2/c1-11(2)5-6-15(3,20)10-17-14(19)13-7-12(8-16)9-18(13)4/h7,9,11,20H,5-6,10H2,1-4H3,(H,17,19). The molecule has 5 heteroatoms. The van der Waals surface area contributed by atoms with Crippen LogP contribution in [0.2, 0.25) is 0 Å². The van der Waals surface area contributed by atoms with Crippen LogP contribution < -0.4 is 5.32 Å². The maximum absolute atomic E-state index is 12.0. The molecule has 1 aromatic heterocycles. The molecule has 0 bridgehead atoms. The van der Waals surface area contributed by atoms with Crippen molar-refractivity contribution in [1.82, 2.24) is 9.88 Å². The third-order valence-electron chi connectivity index (χ3n) is 3.26. The minimum absolute atomic E-state index is 0.200. The molecule has 20 heavy (non-hydrogen) atoms. The lowest BCUT2D eigenvalue weighted by atomic mass is 9.95. The lowest BCUT2D eigenvalue weighted by Gasteiger charge is -2.24. The fourth-order valence-corrected chi connectivity index (χ4v) is 1.90. The molecule has 2 N–H and O–H groups in total. The minimum atomic E-state index is -0.914. The van der Waals surface area contributed by atoms with Gasteiger partial charge < -0.3 is 15.0 Å². The van der Waals surface area contributed by atoms with Gasteiger partial charge in [0.15, 0.2) is 0 Å². The largest absolute Gasteiger partial charge is 0.388 e. The third-order valence-corrected chi connectivity index (χ3v) is 3.26. The number of aliphatic hydroxyl groups is 1. The van der Waals surface area contributed by atoms with Crippen molar-refractivity contribution >= 4 is 5.91 Å². The maximum atomic E-state index is 12.0. The van der Waals surface area contributed by atoms with Crippen molar-refractivity contribution in [3.8, 4) is 6.07 Å². The molecular weight excluding hydrogens is 254 g/mol. The quantitative estimate of drug-likeness (QED) is 0.832. The summed E-state index contributed by atoms with van der Waals surface area (Å²) in [5.41, 5.74) is -0.0474. The highest BCUT2D eigenvalue weighted by molar-refractivity contribution is 5.93. The van der Waals surface area contributed by atoms with Crippen molar-refractivity contribution in [2.45, 2.75) is 39.2 Å². The van der Waals surface area contributed by atoms with Gasteiger partial charge in [-0.25, -0.2) is 0 Å². The lowest BCUT2D eigenvalue weighted by Crippen LogP contribution is -2.41. The Balaban J connectivity index is 2.58. The highest BCUT2D eigenvalue weighted by atomic mass is 16.3. The van der Waals surface area contributed by atoms with Crippen molar-refractivity contribution in [1.29, 1.82) is 5.26 Å². The number of aromatic nitrogens is 1. The normalized spacial score (nSPS) is 13.8. The van der Waals surface area contributed by atoms with Gasteiger partial charge >= 0.3 is 0 Å². The van der Waals surface area contributed by atoms with Gasteiger partial charge in [-0.1, -0.05) is 13.8 Å². The minimum Gasteiger partial charge on any atom is -0.388 e. The molecule has 1 amide bonds. The van der Waals surface area contributed by atoms with E-state index in [1.54, 1.807) is 24.7 Å². The van der Waals surface area contributed by atoms with E-state index in [9.17, 15) is 9.90 Å². The van der Waals surface area contributed by atoms with E-state index >= 15 is 0 Å². The van der Waals surface area contributed by atoms with E-state index in [-0.39, 0.29) is 12.5 Å². The molecule has 0 aliphatic heterocycles. The average molecular weight is 277 g/mol. The molecule has 1 heterocycles. The predicted octanol–water partition coefficient (Wildman–Crippen LogP) is 1.81. The summed E-state index contributed by atoms with van der Waals surface area (Å²) in [5.74, 6) is 0.238. The number of carbonyl (C=O) groups is 1. The Morgan fingerprint density at radius 3 is 2.75 bits per heavy atom. The number of nitriles is 1. The lowest BCUT2D eigenvalue weighted by molar-refractivity contribution is 0.0427. The predicted molar refractivity (Wildman–Crippen MR) is 77.2 cm³/mol. The molecule has 0 aromatic carbocycles. The van der Waals surface area contributed by atoms with Gasteiger partial charge in [-0.15, -0.1) is 0 Å². The maximum Gasteiger partial charge on any atom is 0.268 e. The average Bonchev–Trinajstić information content (AvgIpc) is 2.75. The van der Waals surface area contributed by atoms with E-state index in [2.05, 4.69) is 19.2 Å². The number of amides is 1. The van der Waals surface area contributed by atoms with E-state index in [4.69, 9.17) is 5.26 Å². The highest BCUT2D eigenvalue weighted by Crippen LogP contribution is 2.15. The van der Waals surface area contributed by atoms with E-state index in [1.807, 2.05) is 6.07 Å². The van der Waals surface area contributed by atoms with Gasteiger partial charge in [-0.05, 0) is 31.7 Å². The van der Waals surface area contributed by atoms with Crippen LogP contribution in [-0.4, -0.2) is 27.7 Å². The van der Waals surface area contributed by atoms with Crippen LogP contribution in [0.3, 0.4) is 0 Å². The smallest absolute Gasteiger partial charge is 0.268 e. The van der Waals surface area contributed by atoms with Gasteiger partial charge in [0.2, 0.25) is 0 Å². The molecule has 1 rings (SSSR count). The Morgan fingerprint density at radius 2 is 2.25 bits per heavy atom. The van der Waals surface area contributed by atoms with Gasteiger partial charge in [0.25, 0.3) is 5.91 Å². The summed E-state index contributed by atoms with van der Waals surface area (Å²) >= 11 is 0. The first-order valence-electron chi connectivity index (χ1n) is 6.82. The number of aryl methyl sites for hydroxylation is 1.